The molecule has 90 valence electrons. The van der Waals surface area contributed by atoms with E-state index in [0.717, 1.165) is 37.8 Å². The summed E-state index contributed by atoms with van der Waals surface area (Å²) in [5, 5.41) is 19.5. The normalized spacial score (nSPS) is 20.9. The predicted molar refractivity (Wildman–Crippen MR) is 63.2 cm³/mol. The molecule has 2 N–H and O–H groups in total. The Morgan fingerprint density at radius 1 is 1.44 bits per heavy atom. The molecular weight excluding hydrogens is 202 g/mol. The van der Waals surface area contributed by atoms with Gasteiger partial charge in [0, 0.05) is 24.5 Å². The van der Waals surface area contributed by atoms with Gasteiger partial charge in [-0.25, -0.2) is 0 Å². The van der Waals surface area contributed by atoms with Gasteiger partial charge in [0.2, 0.25) is 0 Å². The van der Waals surface area contributed by atoms with Gasteiger partial charge in [-0.1, -0.05) is 0 Å². The van der Waals surface area contributed by atoms with Crippen LogP contribution in [0.3, 0.4) is 0 Å². The number of rotatable bonds is 3. The summed E-state index contributed by atoms with van der Waals surface area (Å²) >= 11 is 0. The molecule has 16 heavy (non-hydrogen) atoms. The highest BCUT2D eigenvalue weighted by Gasteiger charge is 2.20. The van der Waals surface area contributed by atoms with Crippen LogP contribution in [0.1, 0.15) is 50.3 Å². The molecule has 3 heteroatoms. The Hall–Kier alpha value is -0.800. The summed E-state index contributed by atoms with van der Waals surface area (Å²) in [5.74, 6) is 0. The van der Waals surface area contributed by atoms with Gasteiger partial charge in [-0.05, 0) is 45.1 Å². The van der Waals surface area contributed by atoms with Gasteiger partial charge in [-0.2, -0.15) is 0 Å². The maximum Gasteiger partial charge on any atom is 0.0807 e. The predicted octanol–water partition coefficient (Wildman–Crippen LogP) is 2.02. The molecule has 0 saturated carbocycles. The van der Waals surface area contributed by atoms with E-state index >= 15 is 0 Å². The van der Waals surface area contributed by atoms with E-state index in [-0.39, 0.29) is 6.10 Å². The van der Waals surface area contributed by atoms with Gasteiger partial charge in [0.1, 0.15) is 0 Å². The van der Waals surface area contributed by atoms with Crippen LogP contribution in [0.2, 0.25) is 0 Å². The topological polar surface area (TPSA) is 45.4 Å². The first-order chi connectivity index (χ1) is 7.46. The van der Waals surface area contributed by atoms with Crippen molar-refractivity contribution < 1.29 is 10.2 Å². The number of hydrogen-bond acceptors (Lipinski definition) is 2. The fourth-order valence-corrected chi connectivity index (χ4v) is 2.26. The SMILES string of the molecule is CC(C)(O)CCn1cc2c(c1)C(O)CCC2. The second-order valence-corrected chi connectivity index (χ2v) is 5.45. The van der Waals surface area contributed by atoms with Crippen LogP contribution in [0.15, 0.2) is 12.4 Å². The van der Waals surface area contributed by atoms with Crippen LogP contribution in [-0.2, 0) is 13.0 Å². The molecule has 1 aliphatic carbocycles. The van der Waals surface area contributed by atoms with Crippen LogP contribution >= 0.6 is 0 Å². The van der Waals surface area contributed by atoms with E-state index < -0.39 is 5.60 Å². The molecule has 2 rings (SSSR count). The van der Waals surface area contributed by atoms with Crippen LogP contribution < -0.4 is 0 Å². The maximum absolute atomic E-state index is 9.84. The van der Waals surface area contributed by atoms with Gasteiger partial charge in [0.05, 0.1) is 11.7 Å². The summed E-state index contributed by atoms with van der Waals surface area (Å²) in [4.78, 5) is 0. The van der Waals surface area contributed by atoms with Gasteiger partial charge in [0.15, 0.2) is 0 Å². The Kier molecular flexibility index (Phi) is 3.08. The average Bonchev–Trinajstić information content (AvgIpc) is 2.58. The zero-order valence-electron chi connectivity index (χ0n) is 10.1. The van der Waals surface area contributed by atoms with E-state index in [9.17, 15) is 10.2 Å². The standard InChI is InChI=1S/C13H21NO2/c1-13(2,16)6-7-14-8-10-4-3-5-12(15)11(10)9-14/h8-9,12,15-16H,3-7H2,1-2H3. The summed E-state index contributed by atoms with van der Waals surface area (Å²) in [5.41, 5.74) is 1.74. The highest BCUT2D eigenvalue weighted by atomic mass is 16.3. The van der Waals surface area contributed by atoms with Crippen molar-refractivity contribution in [2.24, 2.45) is 0 Å². The van der Waals surface area contributed by atoms with Crippen LogP contribution in [-0.4, -0.2) is 20.4 Å². The van der Waals surface area contributed by atoms with Crippen molar-refractivity contribution in [2.75, 3.05) is 0 Å². The first-order valence-electron chi connectivity index (χ1n) is 6.05. The summed E-state index contributed by atoms with van der Waals surface area (Å²) in [6, 6.07) is 0. The Morgan fingerprint density at radius 3 is 2.81 bits per heavy atom. The van der Waals surface area contributed by atoms with Gasteiger partial charge < -0.3 is 14.8 Å². The van der Waals surface area contributed by atoms with E-state index in [1.807, 2.05) is 20.0 Å². The molecule has 0 bridgehead atoms. The third-order valence-corrected chi connectivity index (χ3v) is 3.26. The number of hydrogen-bond donors (Lipinski definition) is 2. The average molecular weight is 223 g/mol. The summed E-state index contributed by atoms with van der Waals surface area (Å²) in [7, 11) is 0. The lowest BCUT2D eigenvalue weighted by Crippen LogP contribution is -2.20. The highest BCUT2D eigenvalue weighted by molar-refractivity contribution is 5.28. The summed E-state index contributed by atoms with van der Waals surface area (Å²) in [6.45, 7) is 4.46. The molecule has 0 fully saturated rings. The molecule has 1 unspecified atom stereocenters. The minimum atomic E-state index is -0.622. The Bertz CT molecular complexity index is 362. The van der Waals surface area contributed by atoms with Crippen molar-refractivity contribution in [1.82, 2.24) is 4.57 Å². The van der Waals surface area contributed by atoms with Crippen molar-refractivity contribution >= 4 is 0 Å². The first-order valence-corrected chi connectivity index (χ1v) is 6.05. The number of aliphatic hydroxyl groups excluding tert-OH is 1. The van der Waals surface area contributed by atoms with Crippen LogP contribution in [0.4, 0.5) is 0 Å². The Morgan fingerprint density at radius 2 is 2.19 bits per heavy atom. The lowest BCUT2D eigenvalue weighted by molar-refractivity contribution is 0.0662. The van der Waals surface area contributed by atoms with E-state index in [1.54, 1.807) is 0 Å². The minimum absolute atomic E-state index is 0.285. The molecule has 1 aromatic heterocycles. The quantitative estimate of drug-likeness (QED) is 0.823. The van der Waals surface area contributed by atoms with Crippen molar-refractivity contribution in [3.8, 4) is 0 Å². The molecule has 0 aliphatic heterocycles. The molecular formula is C13H21NO2. The van der Waals surface area contributed by atoms with E-state index in [0.29, 0.717) is 0 Å². The van der Waals surface area contributed by atoms with Crippen molar-refractivity contribution in [1.29, 1.82) is 0 Å². The molecule has 1 aromatic rings. The van der Waals surface area contributed by atoms with Crippen molar-refractivity contribution in [3.05, 3.63) is 23.5 Å². The summed E-state index contributed by atoms with van der Waals surface area (Å²) in [6.07, 6.45) is 7.62. The highest BCUT2D eigenvalue weighted by Crippen LogP contribution is 2.30. The Balaban J connectivity index is 2.07. The number of aromatic nitrogens is 1. The Labute approximate surface area is 96.7 Å². The van der Waals surface area contributed by atoms with Gasteiger partial charge in [-0.15, -0.1) is 0 Å². The number of aryl methyl sites for hydroxylation is 2. The zero-order chi connectivity index (χ0) is 11.8. The first kappa shape index (κ1) is 11.7. The van der Waals surface area contributed by atoms with Crippen LogP contribution in [0, 0.1) is 0 Å². The molecule has 1 atom stereocenters. The number of fused-ring (bicyclic) bond motifs is 1. The molecule has 0 aromatic carbocycles. The van der Waals surface area contributed by atoms with Crippen LogP contribution in [0.5, 0.6) is 0 Å². The van der Waals surface area contributed by atoms with Gasteiger partial charge in [-0.3, -0.25) is 0 Å². The molecule has 1 aliphatic rings. The van der Waals surface area contributed by atoms with Gasteiger partial charge in [0.25, 0.3) is 0 Å². The summed E-state index contributed by atoms with van der Waals surface area (Å²) < 4.78 is 2.09. The van der Waals surface area contributed by atoms with Crippen molar-refractivity contribution in [2.45, 2.75) is 57.8 Å². The van der Waals surface area contributed by atoms with E-state index in [2.05, 4.69) is 10.8 Å². The lowest BCUT2D eigenvalue weighted by atomic mass is 9.93. The third kappa shape index (κ3) is 2.66. The van der Waals surface area contributed by atoms with Gasteiger partial charge >= 0.3 is 0 Å². The second-order valence-electron chi connectivity index (χ2n) is 5.45. The molecule has 0 spiro atoms. The van der Waals surface area contributed by atoms with Crippen LogP contribution in [0.25, 0.3) is 0 Å². The molecule has 0 amide bonds. The maximum atomic E-state index is 9.84. The minimum Gasteiger partial charge on any atom is -0.390 e. The third-order valence-electron chi connectivity index (χ3n) is 3.26. The fourth-order valence-electron chi connectivity index (χ4n) is 2.26. The monoisotopic (exact) mass is 223 g/mol. The number of aliphatic hydroxyl groups is 2. The molecule has 1 heterocycles. The molecule has 3 nitrogen and oxygen atoms in total. The molecule has 0 radical (unpaired) electrons. The largest absolute Gasteiger partial charge is 0.390 e. The van der Waals surface area contributed by atoms with Crippen molar-refractivity contribution in [3.63, 3.8) is 0 Å². The number of nitrogens with zero attached hydrogens (tertiary/aromatic N) is 1. The molecule has 0 saturated heterocycles. The fraction of sp³-hybridized carbons (Fsp3) is 0.692. The second kappa shape index (κ2) is 4.22. The van der Waals surface area contributed by atoms with E-state index in [4.69, 9.17) is 0 Å². The smallest absolute Gasteiger partial charge is 0.0807 e. The zero-order valence-corrected chi connectivity index (χ0v) is 10.1. The lowest BCUT2D eigenvalue weighted by Gasteiger charge is -2.17. The van der Waals surface area contributed by atoms with E-state index in [1.165, 1.54) is 5.56 Å².